The number of nitrogens with zero attached hydrogens (tertiary/aromatic N) is 5. The van der Waals surface area contributed by atoms with E-state index < -0.39 is 6.04 Å². The topological polar surface area (TPSA) is 145 Å². The fourth-order valence-electron chi connectivity index (χ4n) is 2.51. The molecule has 0 aromatic carbocycles. The summed E-state index contributed by atoms with van der Waals surface area (Å²) in [4.78, 5) is 33.5. The smallest absolute Gasteiger partial charge is 0.242 e. The molecule has 0 spiro atoms. The lowest BCUT2D eigenvalue weighted by Gasteiger charge is -2.21. The first kappa shape index (κ1) is 21.7. The molecule has 2 aromatic heterocycles. The second-order valence-corrected chi connectivity index (χ2v) is 6.06. The van der Waals surface area contributed by atoms with Gasteiger partial charge in [-0.3, -0.25) is 14.5 Å². The van der Waals surface area contributed by atoms with E-state index in [0.717, 1.165) is 5.69 Å². The number of carbonyl (C=O) groups excluding carboxylic acids is 2. The van der Waals surface area contributed by atoms with E-state index in [9.17, 15) is 9.59 Å². The number of imidazole rings is 1. The molecule has 29 heavy (non-hydrogen) atoms. The van der Waals surface area contributed by atoms with Crippen LogP contribution in [-0.4, -0.2) is 73.5 Å². The van der Waals surface area contributed by atoms with Crippen molar-refractivity contribution in [1.82, 2.24) is 46.1 Å². The van der Waals surface area contributed by atoms with Crippen LogP contribution in [0.1, 0.15) is 11.5 Å². The number of nitrogens with one attached hydrogen (secondary N) is 4. The third-order valence-corrected chi connectivity index (χ3v) is 3.86. The number of hydrogen-bond acceptors (Lipinski definition) is 7. The van der Waals surface area contributed by atoms with E-state index in [1.54, 1.807) is 18.3 Å². The highest BCUT2D eigenvalue weighted by molar-refractivity contribution is 5.88. The minimum atomic E-state index is -0.717. The van der Waals surface area contributed by atoms with Gasteiger partial charge in [0.1, 0.15) is 6.04 Å². The van der Waals surface area contributed by atoms with Crippen LogP contribution in [0.4, 0.5) is 0 Å². The molecule has 0 aliphatic rings. The Bertz CT molecular complexity index is 813. The molecule has 11 heteroatoms. The maximum Gasteiger partial charge on any atom is 0.242 e. The van der Waals surface area contributed by atoms with E-state index in [0.29, 0.717) is 25.3 Å². The molecule has 0 saturated carbocycles. The Morgan fingerprint density at radius 1 is 1.34 bits per heavy atom. The standard InChI is InChI=1S/C18H25N9O2/c1-3-4-5-6-7-8-27(11-16-23-25-26-24-16)12-17(28)22-15(18(29)19-2)9-14-10-20-13-21-14/h3-7,10,13,15H,1,8-9,11-12H2,2H3,(H,19,29)(H,20,21)(H,22,28)(H,23,24,25,26)/b5-4-,7-6+. The first-order chi connectivity index (χ1) is 14.1. The maximum absolute atomic E-state index is 12.6. The number of hydrogen-bond donors (Lipinski definition) is 4. The lowest BCUT2D eigenvalue weighted by Crippen LogP contribution is -2.49. The third-order valence-electron chi connectivity index (χ3n) is 3.86. The third kappa shape index (κ3) is 7.89. The van der Waals surface area contributed by atoms with Gasteiger partial charge in [-0.05, 0) is 0 Å². The van der Waals surface area contributed by atoms with Gasteiger partial charge in [-0.25, -0.2) is 4.98 Å². The molecule has 2 rings (SSSR count). The van der Waals surface area contributed by atoms with Crippen LogP contribution in [0.15, 0.2) is 49.5 Å². The summed E-state index contributed by atoms with van der Waals surface area (Å²) in [5.41, 5.74) is 0.750. The number of rotatable bonds is 12. The number of aromatic amines is 2. The molecule has 0 bridgehead atoms. The minimum Gasteiger partial charge on any atom is -0.357 e. The molecule has 2 amide bonds. The number of tetrazole rings is 1. The predicted molar refractivity (Wildman–Crippen MR) is 106 cm³/mol. The Labute approximate surface area is 168 Å². The van der Waals surface area contributed by atoms with Crippen LogP contribution in [0.5, 0.6) is 0 Å². The fourth-order valence-corrected chi connectivity index (χ4v) is 2.51. The number of likely N-dealkylation sites (N-methyl/N-ethyl adjacent to an activating group) is 1. The first-order valence-electron chi connectivity index (χ1n) is 8.99. The molecule has 154 valence electrons. The van der Waals surface area contributed by atoms with Gasteiger partial charge < -0.3 is 15.6 Å². The summed E-state index contributed by atoms with van der Waals surface area (Å²) >= 11 is 0. The van der Waals surface area contributed by atoms with Gasteiger partial charge in [-0.2, -0.15) is 5.21 Å². The van der Waals surface area contributed by atoms with Crippen molar-refractivity contribution >= 4 is 11.8 Å². The van der Waals surface area contributed by atoms with Crippen LogP contribution in [0.3, 0.4) is 0 Å². The van der Waals surface area contributed by atoms with E-state index >= 15 is 0 Å². The van der Waals surface area contributed by atoms with Crippen molar-refractivity contribution in [3.8, 4) is 0 Å². The van der Waals surface area contributed by atoms with Gasteiger partial charge in [0.2, 0.25) is 11.8 Å². The lowest BCUT2D eigenvalue weighted by molar-refractivity contribution is -0.129. The molecule has 0 aliphatic carbocycles. The highest BCUT2D eigenvalue weighted by atomic mass is 16.2. The van der Waals surface area contributed by atoms with Gasteiger partial charge in [0.15, 0.2) is 5.82 Å². The Kier molecular flexibility index (Phi) is 8.96. The zero-order chi connectivity index (χ0) is 20.9. The average molecular weight is 399 g/mol. The molecule has 2 heterocycles. The molecule has 0 saturated heterocycles. The van der Waals surface area contributed by atoms with Crippen molar-refractivity contribution in [3.63, 3.8) is 0 Å². The second-order valence-electron chi connectivity index (χ2n) is 6.06. The Hall–Kier alpha value is -3.60. The number of allylic oxidation sites excluding steroid dienone is 4. The molecule has 4 N–H and O–H groups in total. The Balaban J connectivity index is 1.99. The zero-order valence-electron chi connectivity index (χ0n) is 16.2. The van der Waals surface area contributed by atoms with Crippen molar-refractivity contribution in [2.24, 2.45) is 0 Å². The Morgan fingerprint density at radius 2 is 2.21 bits per heavy atom. The van der Waals surface area contributed by atoms with E-state index in [4.69, 9.17) is 0 Å². The summed E-state index contributed by atoms with van der Waals surface area (Å²) < 4.78 is 0. The summed E-state index contributed by atoms with van der Waals surface area (Å²) in [5, 5.41) is 19.1. The number of amides is 2. The summed E-state index contributed by atoms with van der Waals surface area (Å²) in [5.74, 6) is -0.114. The van der Waals surface area contributed by atoms with E-state index in [2.05, 4.69) is 47.8 Å². The van der Waals surface area contributed by atoms with Gasteiger partial charge in [-0.1, -0.05) is 42.2 Å². The monoisotopic (exact) mass is 399 g/mol. The van der Waals surface area contributed by atoms with Gasteiger partial charge in [-0.15, -0.1) is 10.2 Å². The van der Waals surface area contributed by atoms with Crippen LogP contribution < -0.4 is 10.6 Å². The SMILES string of the molecule is C=C/C=C\C=C\CN(CC(=O)NC(Cc1cnc[nH]1)C(=O)NC)Cc1nn[nH]n1. The van der Waals surface area contributed by atoms with Crippen LogP contribution in [0, 0.1) is 0 Å². The second kappa shape index (κ2) is 12.0. The first-order valence-corrected chi connectivity index (χ1v) is 8.99. The van der Waals surface area contributed by atoms with Gasteiger partial charge in [0.05, 0.1) is 19.4 Å². The molecule has 1 atom stereocenters. The fraction of sp³-hybridized carbons (Fsp3) is 0.333. The summed E-state index contributed by atoms with van der Waals surface area (Å²) in [6.45, 7) is 4.47. The molecule has 0 fully saturated rings. The van der Waals surface area contributed by atoms with Gasteiger partial charge in [0.25, 0.3) is 0 Å². The maximum atomic E-state index is 12.6. The van der Waals surface area contributed by atoms with Crippen molar-refractivity contribution in [3.05, 3.63) is 61.0 Å². The van der Waals surface area contributed by atoms with Crippen molar-refractivity contribution in [2.45, 2.75) is 19.0 Å². The Morgan fingerprint density at radius 3 is 2.86 bits per heavy atom. The molecule has 0 radical (unpaired) electrons. The number of aromatic nitrogens is 6. The summed E-state index contributed by atoms with van der Waals surface area (Å²) in [7, 11) is 1.53. The van der Waals surface area contributed by atoms with Crippen LogP contribution in [0.25, 0.3) is 0 Å². The largest absolute Gasteiger partial charge is 0.357 e. The van der Waals surface area contributed by atoms with E-state index in [1.807, 2.05) is 23.1 Å². The van der Waals surface area contributed by atoms with Crippen molar-refractivity contribution in [1.29, 1.82) is 0 Å². The molecule has 2 aromatic rings. The average Bonchev–Trinajstić information content (AvgIpc) is 3.40. The number of carbonyl (C=O) groups is 2. The molecular weight excluding hydrogens is 374 g/mol. The van der Waals surface area contributed by atoms with Crippen molar-refractivity contribution in [2.75, 3.05) is 20.1 Å². The summed E-state index contributed by atoms with van der Waals surface area (Å²) in [6.07, 6.45) is 12.5. The van der Waals surface area contributed by atoms with Crippen molar-refractivity contribution < 1.29 is 9.59 Å². The zero-order valence-corrected chi connectivity index (χ0v) is 16.2. The van der Waals surface area contributed by atoms with Crippen LogP contribution in [0.2, 0.25) is 0 Å². The predicted octanol–water partition coefficient (Wildman–Crippen LogP) is -0.503. The highest BCUT2D eigenvalue weighted by Crippen LogP contribution is 2.01. The van der Waals surface area contributed by atoms with Gasteiger partial charge in [0, 0.05) is 31.9 Å². The van der Waals surface area contributed by atoms with Crippen LogP contribution >= 0.6 is 0 Å². The minimum absolute atomic E-state index is 0.0561. The molecule has 11 nitrogen and oxygen atoms in total. The molecular formula is C18H25N9O2. The van der Waals surface area contributed by atoms with Gasteiger partial charge >= 0.3 is 0 Å². The quantitative estimate of drug-likeness (QED) is 0.352. The van der Waals surface area contributed by atoms with Crippen LogP contribution in [-0.2, 0) is 22.6 Å². The molecule has 0 aliphatic heterocycles. The molecule has 1 unspecified atom stereocenters. The van der Waals surface area contributed by atoms with E-state index in [-0.39, 0.29) is 18.4 Å². The summed E-state index contributed by atoms with van der Waals surface area (Å²) in [6, 6.07) is -0.717. The lowest BCUT2D eigenvalue weighted by atomic mass is 10.1. The normalized spacial score (nSPS) is 12.5. The van der Waals surface area contributed by atoms with E-state index in [1.165, 1.54) is 13.4 Å². The highest BCUT2D eigenvalue weighted by Gasteiger charge is 2.22. The number of H-pyrrole nitrogens is 2.